The van der Waals surface area contributed by atoms with Crippen molar-refractivity contribution in [2.45, 2.75) is 0 Å². The maximum atomic E-state index is 5.33. The van der Waals surface area contributed by atoms with E-state index in [0.717, 1.165) is 82.5 Å². The largest absolute Gasteiger partial charge is 0.306 e. The highest BCUT2D eigenvalue weighted by atomic mass is 15.2. The zero-order valence-corrected chi connectivity index (χ0v) is 35.2. The molecule has 0 aliphatic rings. The van der Waals surface area contributed by atoms with Gasteiger partial charge < -0.3 is 4.57 Å². The second kappa shape index (κ2) is 15.3. The van der Waals surface area contributed by atoms with E-state index in [2.05, 4.69) is 100 Å². The number of benzene rings is 8. The predicted molar refractivity (Wildman–Crippen MR) is 264 cm³/mol. The van der Waals surface area contributed by atoms with Gasteiger partial charge in [-0.1, -0.05) is 176 Å². The van der Waals surface area contributed by atoms with Crippen molar-refractivity contribution in [2.24, 2.45) is 0 Å². The number of hydrogen-bond donors (Lipinski definition) is 0. The zero-order valence-electron chi connectivity index (χ0n) is 35.2. The average molecular weight is 846 g/mol. The van der Waals surface area contributed by atoms with Crippen molar-refractivity contribution in [3.63, 3.8) is 0 Å². The molecular weight excluding hydrogens is 811 g/mol. The molecule has 13 aromatic rings. The van der Waals surface area contributed by atoms with Gasteiger partial charge in [-0.3, -0.25) is 4.57 Å². The van der Waals surface area contributed by atoms with Gasteiger partial charge in [0.25, 0.3) is 0 Å². The second-order valence-corrected chi connectivity index (χ2v) is 16.2. The van der Waals surface area contributed by atoms with Gasteiger partial charge in [-0.25, -0.2) is 24.9 Å². The number of para-hydroxylation sites is 4. The highest BCUT2D eigenvalue weighted by Crippen LogP contribution is 2.43. The lowest BCUT2D eigenvalue weighted by atomic mass is 10.1. The molecule has 0 amide bonds. The van der Waals surface area contributed by atoms with E-state index in [1.807, 2.05) is 121 Å². The number of nitrogens with zero attached hydrogens (tertiary/aromatic N) is 9. The minimum absolute atomic E-state index is 0.479. The monoisotopic (exact) mass is 845 g/mol. The average Bonchev–Trinajstić information content (AvgIpc) is 3.92. The van der Waals surface area contributed by atoms with Gasteiger partial charge >= 0.3 is 0 Å². The molecule has 0 unspecified atom stereocenters. The van der Waals surface area contributed by atoms with Gasteiger partial charge in [0, 0.05) is 49.2 Å². The fourth-order valence-corrected chi connectivity index (χ4v) is 9.23. The summed E-state index contributed by atoms with van der Waals surface area (Å²) in [7, 11) is 0. The van der Waals surface area contributed by atoms with Crippen molar-refractivity contribution in [2.75, 3.05) is 0 Å². The molecule has 8 aromatic carbocycles. The van der Waals surface area contributed by atoms with Crippen LogP contribution in [-0.2, 0) is 0 Å². The van der Waals surface area contributed by atoms with E-state index in [-0.39, 0.29) is 0 Å². The highest BCUT2D eigenvalue weighted by Gasteiger charge is 2.25. The second-order valence-electron chi connectivity index (χ2n) is 16.2. The summed E-state index contributed by atoms with van der Waals surface area (Å²) in [5, 5.41) is 5.36. The minimum atomic E-state index is 0.479. The molecule has 66 heavy (non-hydrogen) atoms. The summed E-state index contributed by atoms with van der Waals surface area (Å²) in [6.07, 6.45) is 0. The molecule has 0 atom stereocenters. The van der Waals surface area contributed by atoms with Crippen LogP contribution in [0.25, 0.3) is 123 Å². The van der Waals surface area contributed by atoms with Crippen LogP contribution in [-0.4, -0.2) is 44.0 Å². The highest BCUT2D eigenvalue weighted by molar-refractivity contribution is 6.24. The van der Waals surface area contributed by atoms with Crippen LogP contribution in [0, 0.1) is 0 Å². The van der Waals surface area contributed by atoms with Gasteiger partial charge in [-0.15, -0.1) is 0 Å². The number of rotatable bonds is 7. The Labute approximate surface area is 378 Å². The van der Waals surface area contributed by atoms with Gasteiger partial charge in [0.05, 0.1) is 33.3 Å². The lowest BCUT2D eigenvalue weighted by Crippen LogP contribution is -2.08. The first-order valence-corrected chi connectivity index (χ1v) is 21.8. The van der Waals surface area contributed by atoms with E-state index in [0.29, 0.717) is 40.8 Å². The Morgan fingerprint density at radius 3 is 1.41 bits per heavy atom. The standard InChI is InChI=1S/C57H35N9/c1-4-19-37(20-5-1)52-59-53(38-21-6-2-7-22-38)61-55(60-52)44-27-13-17-31-49(44)65-47-29-15-11-25-40(47)42-33-34-43-41-26-12-16-30-48(41)66(51(43)50(42)65)57-63-54(39-23-8-3-9-24-39)62-56(64-57)46-35-32-36-18-10-14-28-45(36)58-46/h1-35H. The van der Waals surface area contributed by atoms with Gasteiger partial charge in [0.1, 0.15) is 5.69 Å². The third-order valence-electron chi connectivity index (χ3n) is 12.2. The number of hydrogen-bond acceptors (Lipinski definition) is 7. The Hall–Kier alpha value is -9.21. The SMILES string of the molecule is c1ccc(-c2nc(-c3ccccc3)nc(-c3ccccc3-n3c4ccccc4c4ccc5c6ccccc6n(-c6nc(-c7ccccc7)nc(-c7ccc8ccccc8n7)n6)c5c43)n2)cc1. The summed E-state index contributed by atoms with van der Waals surface area (Å²) in [5.41, 5.74) is 9.92. The Balaban J connectivity index is 1.13. The summed E-state index contributed by atoms with van der Waals surface area (Å²) in [6, 6.07) is 72.3. The summed E-state index contributed by atoms with van der Waals surface area (Å²) in [6.45, 7) is 0. The maximum absolute atomic E-state index is 5.33. The fraction of sp³-hybridized carbons (Fsp3) is 0. The molecule has 0 aliphatic heterocycles. The molecule has 5 heterocycles. The van der Waals surface area contributed by atoms with Crippen LogP contribution in [0.15, 0.2) is 212 Å². The molecule has 0 saturated heterocycles. The third kappa shape index (κ3) is 6.13. The van der Waals surface area contributed by atoms with E-state index < -0.39 is 0 Å². The lowest BCUT2D eigenvalue weighted by Gasteiger charge is -2.16. The zero-order chi connectivity index (χ0) is 43.6. The van der Waals surface area contributed by atoms with Gasteiger partial charge in [0.15, 0.2) is 29.1 Å². The molecule has 0 aliphatic carbocycles. The fourth-order valence-electron chi connectivity index (χ4n) is 9.23. The molecule has 5 aromatic heterocycles. The Morgan fingerprint density at radius 1 is 0.288 bits per heavy atom. The van der Waals surface area contributed by atoms with Crippen molar-refractivity contribution in [1.29, 1.82) is 0 Å². The van der Waals surface area contributed by atoms with E-state index in [1.54, 1.807) is 0 Å². The molecule has 0 bridgehead atoms. The van der Waals surface area contributed by atoms with E-state index >= 15 is 0 Å². The quantitative estimate of drug-likeness (QED) is 0.157. The van der Waals surface area contributed by atoms with Crippen LogP contribution >= 0.6 is 0 Å². The number of pyridine rings is 1. The van der Waals surface area contributed by atoms with E-state index in [9.17, 15) is 0 Å². The minimum Gasteiger partial charge on any atom is -0.306 e. The van der Waals surface area contributed by atoms with Crippen molar-refractivity contribution < 1.29 is 0 Å². The normalized spacial score (nSPS) is 11.6. The third-order valence-corrected chi connectivity index (χ3v) is 12.2. The summed E-state index contributed by atoms with van der Waals surface area (Å²) in [5.74, 6) is 3.27. The molecule has 9 heteroatoms. The van der Waals surface area contributed by atoms with Gasteiger partial charge in [0.2, 0.25) is 5.95 Å². The molecule has 0 spiro atoms. The number of fused-ring (bicyclic) bond motifs is 8. The van der Waals surface area contributed by atoms with Crippen LogP contribution in [0.4, 0.5) is 0 Å². The van der Waals surface area contributed by atoms with Crippen LogP contribution in [0.3, 0.4) is 0 Å². The van der Waals surface area contributed by atoms with Crippen molar-refractivity contribution in [1.82, 2.24) is 44.0 Å². The molecule has 0 fully saturated rings. The lowest BCUT2D eigenvalue weighted by molar-refractivity contribution is 0.949. The molecular formula is C57H35N9. The summed E-state index contributed by atoms with van der Waals surface area (Å²) in [4.78, 5) is 36.3. The topological polar surface area (TPSA) is 100 Å². The van der Waals surface area contributed by atoms with Gasteiger partial charge in [-0.05, 0) is 36.4 Å². The maximum Gasteiger partial charge on any atom is 0.238 e. The van der Waals surface area contributed by atoms with E-state index in [1.165, 1.54) is 0 Å². The van der Waals surface area contributed by atoms with Crippen LogP contribution < -0.4 is 0 Å². The first kappa shape index (κ1) is 37.4. The van der Waals surface area contributed by atoms with Crippen molar-refractivity contribution in [3.8, 4) is 68.7 Å². The Morgan fingerprint density at radius 2 is 0.758 bits per heavy atom. The first-order chi connectivity index (χ1) is 32.7. The molecule has 9 nitrogen and oxygen atoms in total. The molecule has 308 valence electrons. The van der Waals surface area contributed by atoms with Crippen molar-refractivity contribution >= 4 is 54.5 Å². The molecule has 0 radical (unpaired) electrons. The smallest absolute Gasteiger partial charge is 0.238 e. The van der Waals surface area contributed by atoms with Crippen LogP contribution in [0.1, 0.15) is 0 Å². The molecule has 0 N–H and O–H groups in total. The molecule has 13 rings (SSSR count). The van der Waals surface area contributed by atoms with Crippen molar-refractivity contribution in [3.05, 3.63) is 212 Å². The van der Waals surface area contributed by atoms with Gasteiger partial charge in [-0.2, -0.15) is 9.97 Å². The number of aromatic nitrogens is 9. The van der Waals surface area contributed by atoms with Crippen LogP contribution in [0.2, 0.25) is 0 Å². The first-order valence-electron chi connectivity index (χ1n) is 21.8. The Kier molecular flexibility index (Phi) is 8.63. The Bertz CT molecular complexity index is 3940. The van der Waals surface area contributed by atoms with E-state index in [4.69, 9.17) is 34.9 Å². The summed E-state index contributed by atoms with van der Waals surface area (Å²) < 4.78 is 4.56. The summed E-state index contributed by atoms with van der Waals surface area (Å²) >= 11 is 0. The van der Waals surface area contributed by atoms with Crippen LogP contribution in [0.5, 0.6) is 0 Å². The predicted octanol–water partition coefficient (Wildman–Crippen LogP) is 13.1. The molecule has 0 saturated carbocycles.